The average Bonchev–Trinajstić information content (AvgIpc) is 2.27. The van der Waals surface area contributed by atoms with Gasteiger partial charge in [-0.1, -0.05) is 11.6 Å². The molecule has 0 heterocycles. The molecule has 0 spiro atoms. The Hall–Kier alpha value is -1.59. The molecule has 104 valence electrons. The fraction of sp³-hybridized carbons (Fsp3) is 0.385. The molecule has 0 saturated heterocycles. The lowest BCUT2D eigenvalue weighted by Crippen LogP contribution is -2.36. The van der Waals surface area contributed by atoms with Gasteiger partial charge < -0.3 is 16.2 Å². The van der Waals surface area contributed by atoms with E-state index >= 15 is 0 Å². The average molecular weight is 285 g/mol. The van der Waals surface area contributed by atoms with Gasteiger partial charge in [0.05, 0.1) is 6.10 Å². The Labute approximate surface area is 116 Å². The van der Waals surface area contributed by atoms with Crippen molar-refractivity contribution in [2.75, 3.05) is 5.73 Å². The molecular formula is C13H17ClN2O3. The summed E-state index contributed by atoms with van der Waals surface area (Å²) in [6.07, 6.45) is -0.425. The molecule has 0 fully saturated rings. The Morgan fingerprint density at radius 3 is 2.53 bits per heavy atom. The molecule has 6 heteroatoms. The third kappa shape index (κ3) is 4.54. The van der Waals surface area contributed by atoms with Gasteiger partial charge in [-0.05, 0) is 32.0 Å². The Kier molecular flexibility index (Phi) is 5.32. The zero-order chi connectivity index (χ0) is 14.6. The number of nitrogen functional groups attached to an aromatic ring is 1. The van der Waals surface area contributed by atoms with E-state index in [0.717, 1.165) is 0 Å². The van der Waals surface area contributed by atoms with Crippen LogP contribution in [-0.2, 0) is 9.53 Å². The first-order chi connectivity index (χ1) is 8.81. The number of hydrogen-bond donors (Lipinski definition) is 2. The molecule has 1 rings (SSSR count). The summed E-state index contributed by atoms with van der Waals surface area (Å²) in [6.45, 7) is 3.42. The molecule has 1 aromatic rings. The van der Waals surface area contributed by atoms with E-state index in [-0.39, 0.29) is 24.0 Å². The second kappa shape index (κ2) is 6.54. The highest BCUT2D eigenvalue weighted by molar-refractivity contribution is 6.31. The maximum atomic E-state index is 12.0. The van der Waals surface area contributed by atoms with E-state index in [1.807, 2.05) is 0 Å². The lowest BCUT2D eigenvalue weighted by atomic mass is 10.0. The van der Waals surface area contributed by atoms with Crippen LogP contribution in [0.4, 0.5) is 5.69 Å². The number of Topliss-reactive ketones (excluding diaryl/α,β-unsaturated/α-hetero) is 1. The largest absolute Gasteiger partial charge is 0.462 e. The minimum absolute atomic E-state index is 0.155. The Morgan fingerprint density at radius 1 is 1.37 bits per heavy atom. The fourth-order valence-electron chi connectivity index (χ4n) is 1.50. The first kappa shape index (κ1) is 15.5. The zero-order valence-corrected chi connectivity index (χ0v) is 11.6. The van der Waals surface area contributed by atoms with Gasteiger partial charge in [-0.15, -0.1) is 0 Å². The van der Waals surface area contributed by atoms with E-state index in [0.29, 0.717) is 10.6 Å². The smallest absolute Gasteiger partial charge is 0.323 e. The number of ketones is 1. The Bertz CT molecular complexity index is 489. The molecule has 0 aromatic heterocycles. The number of nitrogens with two attached hydrogens (primary N) is 2. The second-order valence-electron chi connectivity index (χ2n) is 4.45. The molecule has 0 aliphatic heterocycles. The second-order valence-corrected chi connectivity index (χ2v) is 4.89. The molecule has 0 radical (unpaired) electrons. The third-order valence-corrected chi connectivity index (χ3v) is 2.61. The monoisotopic (exact) mass is 284 g/mol. The van der Waals surface area contributed by atoms with Crippen LogP contribution in [-0.4, -0.2) is 23.9 Å². The van der Waals surface area contributed by atoms with Crippen molar-refractivity contribution >= 4 is 29.0 Å². The standard InChI is InChI=1S/C13H17ClN2O3/c1-7(2)19-13(18)11(16)6-12(17)9-4-3-8(14)5-10(9)15/h3-5,7,11H,6,15-16H2,1-2H3. The van der Waals surface area contributed by atoms with Gasteiger partial charge in [-0.2, -0.15) is 0 Å². The first-order valence-corrected chi connectivity index (χ1v) is 6.23. The number of hydrogen-bond acceptors (Lipinski definition) is 5. The van der Waals surface area contributed by atoms with E-state index in [4.69, 9.17) is 27.8 Å². The van der Waals surface area contributed by atoms with Crippen molar-refractivity contribution in [3.8, 4) is 0 Å². The predicted octanol–water partition coefficient (Wildman–Crippen LogP) is 1.77. The molecule has 0 aliphatic rings. The zero-order valence-electron chi connectivity index (χ0n) is 10.9. The van der Waals surface area contributed by atoms with Gasteiger partial charge in [-0.25, -0.2) is 0 Å². The van der Waals surface area contributed by atoms with Crippen molar-refractivity contribution in [1.82, 2.24) is 0 Å². The van der Waals surface area contributed by atoms with Gasteiger partial charge in [0.2, 0.25) is 0 Å². The predicted molar refractivity (Wildman–Crippen MR) is 74.0 cm³/mol. The van der Waals surface area contributed by atoms with Crippen LogP contribution in [0.3, 0.4) is 0 Å². The van der Waals surface area contributed by atoms with Crippen molar-refractivity contribution in [2.24, 2.45) is 5.73 Å². The molecule has 1 atom stereocenters. The summed E-state index contributed by atoms with van der Waals surface area (Å²) in [5, 5.41) is 0.442. The van der Waals surface area contributed by atoms with E-state index < -0.39 is 12.0 Å². The van der Waals surface area contributed by atoms with Crippen LogP contribution < -0.4 is 11.5 Å². The number of ether oxygens (including phenoxy) is 1. The summed E-state index contributed by atoms with van der Waals surface area (Å²) < 4.78 is 4.93. The SMILES string of the molecule is CC(C)OC(=O)C(N)CC(=O)c1ccc(Cl)cc1N. The van der Waals surface area contributed by atoms with Gasteiger partial charge in [0, 0.05) is 22.7 Å². The Morgan fingerprint density at radius 2 is 2.00 bits per heavy atom. The van der Waals surface area contributed by atoms with Crippen molar-refractivity contribution in [1.29, 1.82) is 0 Å². The number of carbonyl (C=O) groups is 2. The summed E-state index contributed by atoms with van der Waals surface area (Å²) in [5.74, 6) is -0.918. The van der Waals surface area contributed by atoms with Crippen LogP contribution in [0.2, 0.25) is 5.02 Å². The van der Waals surface area contributed by atoms with E-state index in [1.54, 1.807) is 19.9 Å². The highest BCUT2D eigenvalue weighted by atomic mass is 35.5. The van der Waals surface area contributed by atoms with Crippen molar-refractivity contribution in [2.45, 2.75) is 32.4 Å². The lowest BCUT2D eigenvalue weighted by Gasteiger charge is -2.13. The minimum atomic E-state index is -0.995. The summed E-state index contributed by atoms with van der Waals surface area (Å²) >= 11 is 5.74. The summed E-state index contributed by atoms with van der Waals surface area (Å²) in [5.41, 5.74) is 11.9. The molecule has 5 nitrogen and oxygen atoms in total. The molecule has 19 heavy (non-hydrogen) atoms. The molecule has 1 unspecified atom stereocenters. The number of carbonyl (C=O) groups excluding carboxylic acids is 2. The summed E-state index contributed by atoms with van der Waals surface area (Å²) in [7, 11) is 0. The van der Waals surface area contributed by atoms with Crippen molar-refractivity contribution in [3.05, 3.63) is 28.8 Å². The van der Waals surface area contributed by atoms with Crippen molar-refractivity contribution in [3.63, 3.8) is 0 Å². The van der Waals surface area contributed by atoms with Gasteiger partial charge in [-0.3, -0.25) is 9.59 Å². The van der Waals surface area contributed by atoms with Gasteiger partial charge in [0.1, 0.15) is 6.04 Å². The van der Waals surface area contributed by atoms with Crippen LogP contribution in [0.5, 0.6) is 0 Å². The number of halogens is 1. The molecule has 1 aromatic carbocycles. The molecule has 0 aliphatic carbocycles. The van der Waals surface area contributed by atoms with E-state index in [1.165, 1.54) is 12.1 Å². The number of anilines is 1. The normalized spacial score (nSPS) is 12.3. The van der Waals surface area contributed by atoms with E-state index in [9.17, 15) is 9.59 Å². The maximum Gasteiger partial charge on any atom is 0.323 e. The van der Waals surface area contributed by atoms with Crippen LogP contribution in [0.15, 0.2) is 18.2 Å². The lowest BCUT2D eigenvalue weighted by molar-refractivity contribution is -0.148. The van der Waals surface area contributed by atoms with Crippen LogP contribution >= 0.6 is 11.6 Å². The van der Waals surface area contributed by atoms with Crippen molar-refractivity contribution < 1.29 is 14.3 Å². The fourth-order valence-corrected chi connectivity index (χ4v) is 1.68. The summed E-state index contributed by atoms with van der Waals surface area (Å²) in [6, 6.07) is 3.56. The summed E-state index contributed by atoms with van der Waals surface area (Å²) in [4.78, 5) is 23.5. The highest BCUT2D eigenvalue weighted by Crippen LogP contribution is 2.19. The van der Waals surface area contributed by atoms with Gasteiger partial charge >= 0.3 is 5.97 Å². The molecule has 0 amide bonds. The maximum absolute atomic E-state index is 12.0. The van der Waals surface area contributed by atoms with E-state index in [2.05, 4.69) is 0 Å². The highest BCUT2D eigenvalue weighted by Gasteiger charge is 2.21. The topological polar surface area (TPSA) is 95.4 Å². The molecule has 0 saturated carbocycles. The first-order valence-electron chi connectivity index (χ1n) is 5.85. The van der Waals surface area contributed by atoms with Crippen LogP contribution in [0.25, 0.3) is 0 Å². The molecular weight excluding hydrogens is 268 g/mol. The van der Waals surface area contributed by atoms with Gasteiger partial charge in [0.25, 0.3) is 0 Å². The van der Waals surface area contributed by atoms with Crippen LogP contribution in [0, 0.1) is 0 Å². The minimum Gasteiger partial charge on any atom is -0.462 e. The number of benzene rings is 1. The quantitative estimate of drug-likeness (QED) is 0.488. The van der Waals surface area contributed by atoms with Gasteiger partial charge in [0.15, 0.2) is 5.78 Å². The molecule has 0 bridgehead atoms. The van der Waals surface area contributed by atoms with Crippen LogP contribution in [0.1, 0.15) is 30.6 Å². The third-order valence-electron chi connectivity index (χ3n) is 2.37. The Balaban J connectivity index is 2.71. The molecule has 4 N–H and O–H groups in total. The number of esters is 1. The number of rotatable bonds is 5.